The summed E-state index contributed by atoms with van der Waals surface area (Å²) in [6, 6.07) is 0. The van der Waals surface area contributed by atoms with Crippen LogP contribution in [0.4, 0.5) is 4.39 Å². The molecule has 2 nitrogen and oxygen atoms in total. The minimum Gasteiger partial charge on any atom is -0.349 e. The Morgan fingerprint density at radius 2 is 1.57 bits per heavy atom. The fourth-order valence-electron chi connectivity index (χ4n) is 2.05. The smallest absolute Gasteiger partial charge is 0.168 e. The largest absolute Gasteiger partial charge is 0.349 e. The zero-order valence-electron chi connectivity index (χ0n) is 9.01. The Labute approximate surface area is 84.8 Å². The lowest BCUT2D eigenvalue weighted by atomic mass is 9.89. The van der Waals surface area contributed by atoms with Crippen LogP contribution in [0.25, 0.3) is 0 Å². The van der Waals surface area contributed by atoms with Crippen molar-refractivity contribution >= 4 is 0 Å². The Hall–Kier alpha value is -0.150. The van der Waals surface area contributed by atoms with E-state index in [-0.39, 0.29) is 5.41 Å². The average Bonchev–Trinajstić information content (AvgIpc) is 2.16. The summed E-state index contributed by atoms with van der Waals surface area (Å²) in [5, 5.41) is 0. The Morgan fingerprint density at radius 1 is 1.07 bits per heavy atom. The van der Waals surface area contributed by atoms with Crippen molar-refractivity contribution in [2.45, 2.75) is 51.5 Å². The predicted molar refractivity (Wildman–Crippen MR) is 51.8 cm³/mol. The number of rotatable bonds is 0. The summed E-state index contributed by atoms with van der Waals surface area (Å²) < 4.78 is 24.5. The van der Waals surface area contributed by atoms with Crippen LogP contribution >= 0.6 is 0 Å². The van der Waals surface area contributed by atoms with Crippen LogP contribution in [0.1, 0.15) is 39.5 Å². The van der Waals surface area contributed by atoms with Gasteiger partial charge in [-0.2, -0.15) is 0 Å². The molecule has 3 heteroatoms. The van der Waals surface area contributed by atoms with E-state index < -0.39 is 12.0 Å². The third-order valence-electron chi connectivity index (χ3n) is 3.13. The maximum Gasteiger partial charge on any atom is 0.168 e. The van der Waals surface area contributed by atoms with Gasteiger partial charge in [0.1, 0.15) is 6.17 Å². The van der Waals surface area contributed by atoms with Gasteiger partial charge < -0.3 is 9.47 Å². The third kappa shape index (κ3) is 2.09. The number of ether oxygens (including phenoxy) is 2. The molecule has 0 radical (unpaired) electrons. The lowest BCUT2D eigenvalue weighted by Gasteiger charge is -2.45. The van der Waals surface area contributed by atoms with E-state index in [4.69, 9.17) is 9.47 Å². The van der Waals surface area contributed by atoms with Crippen LogP contribution < -0.4 is 0 Å². The van der Waals surface area contributed by atoms with Crippen molar-refractivity contribution < 1.29 is 13.9 Å². The number of hydrogen-bond donors (Lipinski definition) is 0. The summed E-state index contributed by atoms with van der Waals surface area (Å²) in [7, 11) is 0. The van der Waals surface area contributed by atoms with Crippen molar-refractivity contribution in [3.05, 3.63) is 0 Å². The summed E-state index contributed by atoms with van der Waals surface area (Å²) in [5.74, 6) is -0.446. The third-order valence-corrected chi connectivity index (χ3v) is 3.13. The van der Waals surface area contributed by atoms with E-state index in [9.17, 15) is 4.39 Å². The SMILES string of the molecule is CC1(C)COC2(CCC(F)CC2)OC1. The van der Waals surface area contributed by atoms with Gasteiger partial charge in [0, 0.05) is 18.3 Å². The topological polar surface area (TPSA) is 18.5 Å². The second kappa shape index (κ2) is 3.46. The van der Waals surface area contributed by atoms with Crippen LogP contribution in [0, 0.1) is 5.41 Å². The molecule has 1 saturated heterocycles. The van der Waals surface area contributed by atoms with E-state index in [1.54, 1.807) is 0 Å². The van der Waals surface area contributed by atoms with E-state index in [2.05, 4.69) is 13.8 Å². The Kier molecular flexibility index (Phi) is 2.56. The summed E-state index contributed by atoms with van der Waals surface area (Å²) >= 11 is 0. The molecule has 0 aromatic carbocycles. The van der Waals surface area contributed by atoms with Gasteiger partial charge in [0.25, 0.3) is 0 Å². The summed E-state index contributed by atoms with van der Waals surface area (Å²) in [6.45, 7) is 5.70. The van der Waals surface area contributed by atoms with Crippen molar-refractivity contribution in [3.63, 3.8) is 0 Å². The van der Waals surface area contributed by atoms with E-state index in [1.165, 1.54) is 0 Å². The summed E-state index contributed by atoms with van der Waals surface area (Å²) in [6.07, 6.45) is 1.94. The molecule has 2 aliphatic rings. The van der Waals surface area contributed by atoms with Gasteiger partial charge in [0.05, 0.1) is 13.2 Å². The number of alkyl halides is 1. The van der Waals surface area contributed by atoms with Gasteiger partial charge in [-0.05, 0) is 12.8 Å². The van der Waals surface area contributed by atoms with Crippen LogP contribution in [-0.4, -0.2) is 25.2 Å². The lowest BCUT2D eigenvalue weighted by Crippen LogP contribution is -2.49. The Balaban J connectivity index is 1.93. The molecule has 1 aliphatic heterocycles. The highest BCUT2D eigenvalue weighted by Crippen LogP contribution is 2.39. The van der Waals surface area contributed by atoms with E-state index in [0.29, 0.717) is 25.7 Å². The quantitative estimate of drug-likeness (QED) is 0.601. The van der Waals surface area contributed by atoms with Crippen molar-refractivity contribution in [1.29, 1.82) is 0 Å². The first-order valence-corrected chi connectivity index (χ1v) is 5.43. The van der Waals surface area contributed by atoms with Crippen molar-refractivity contribution in [2.24, 2.45) is 5.41 Å². The molecular weight excluding hydrogens is 183 g/mol. The van der Waals surface area contributed by atoms with Crippen LogP contribution in [0.2, 0.25) is 0 Å². The molecule has 14 heavy (non-hydrogen) atoms. The molecule has 1 spiro atoms. The minimum absolute atomic E-state index is 0.109. The van der Waals surface area contributed by atoms with Crippen LogP contribution in [0.15, 0.2) is 0 Å². The zero-order chi connectivity index (χ0) is 10.2. The van der Waals surface area contributed by atoms with Gasteiger partial charge >= 0.3 is 0 Å². The first-order chi connectivity index (χ1) is 6.52. The molecule has 1 saturated carbocycles. The highest BCUT2D eigenvalue weighted by molar-refractivity contribution is 4.85. The summed E-state index contributed by atoms with van der Waals surface area (Å²) in [4.78, 5) is 0. The molecule has 0 unspecified atom stereocenters. The second-order valence-electron chi connectivity index (χ2n) is 5.33. The van der Waals surface area contributed by atoms with Crippen LogP contribution in [-0.2, 0) is 9.47 Å². The monoisotopic (exact) mass is 202 g/mol. The first-order valence-electron chi connectivity index (χ1n) is 5.43. The molecule has 82 valence electrons. The van der Waals surface area contributed by atoms with Gasteiger partial charge in [-0.3, -0.25) is 0 Å². The lowest BCUT2D eigenvalue weighted by molar-refractivity contribution is -0.312. The fourth-order valence-corrected chi connectivity index (χ4v) is 2.05. The molecule has 0 aromatic rings. The zero-order valence-corrected chi connectivity index (χ0v) is 9.01. The molecule has 0 N–H and O–H groups in total. The van der Waals surface area contributed by atoms with Gasteiger partial charge in [0.15, 0.2) is 5.79 Å². The highest BCUT2D eigenvalue weighted by Gasteiger charge is 2.43. The molecule has 0 aromatic heterocycles. The molecule has 1 aliphatic carbocycles. The van der Waals surface area contributed by atoms with E-state index in [0.717, 1.165) is 13.2 Å². The summed E-state index contributed by atoms with van der Waals surface area (Å²) in [5.41, 5.74) is 0.109. The molecule has 2 rings (SSSR count). The molecule has 0 bridgehead atoms. The Bertz CT molecular complexity index is 195. The van der Waals surface area contributed by atoms with Crippen molar-refractivity contribution in [1.82, 2.24) is 0 Å². The van der Waals surface area contributed by atoms with E-state index in [1.807, 2.05) is 0 Å². The normalized spacial score (nSPS) is 31.9. The molecule has 0 amide bonds. The average molecular weight is 202 g/mol. The molecule has 1 heterocycles. The maximum absolute atomic E-state index is 13.0. The molecule has 0 atom stereocenters. The predicted octanol–water partition coefficient (Wildman–Crippen LogP) is 2.67. The second-order valence-corrected chi connectivity index (χ2v) is 5.33. The number of halogens is 1. The number of hydrogen-bond acceptors (Lipinski definition) is 2. The molecule has 2 fully saturated rings. The maximum atomic E-state index is 13.0. The Morgan fingerprint density at radius 3 is 2.07 bits per heavy atom. The van der Waals surface area contributed by atoms with Gasteiger partial charge in [-0.15, -0.1) is 0 Å². The van der Waals surface area contributed by atoms with Crippen LogP contribution in [0.3, 0.4) is 0 Å². The van der Waals surface area contributed by atoms with Crippen molar-refractivity contribution in [3.8, 4) is 0 Å². The fraction of sp³-hybridized carbons (Fsp3) is 1.00. The standard InChI is InChI=1S/C11H19FO2/c1-10(2)7-13-11(14-8-10)5-3-9(12)4-6-11/h9H,3-8H2,1-2H3. The molecular formula is C11H19FO2. The minimum atomic E-state index is -0.650. The van der Waals surface area contributed by atoms with Crippen molar-refractivity contribution in [2.75, 3.05) is 13.2 Å². The van der Waals surface area contributed by atoms with Gasteiger partial charge in [0.2, 0.25) is 0 Å². The van der Waals surface area contributed by atoms with Gasteiger partial charge in [-0.1, -0.05) is 13.8 Å². The highest BCUT2D eigenvalue weighted by atomic mass is 19.1. The first kappa shape index (κ1) is 10.4. The van der Waals surface area contributed by atoms with Crippen LogP contribution in [0.5, 0.6) is 0 Å². The van der Waals surface area contributed by atoms with Gasteiger partial charge in [-0.25, -0.2) is 4.39 Å². The van der Waals surface area contributed by atoms with E-state index >= 15 is 0 Å².